The van der Waals surface area contributed by atoms with Crippen molar-refractivity contribution in [2.24, 2.45) is 0 Å². The first kappa shape index (κ1) is 29.9. The van der Waals surface area contributed by atoms with Gasteiger partial charge in [0.1, 0.15) is 5.75 Å². The van der Waals surface area contributed by atoms with Gasteiger partial charge in [-0.1, -0.05) is 36.4 Å². The summed E-state index contributed by atoms with van der Waals surface area (Å²) in [5, 5.41) is 6.34. The lowest BCUT2D eigenvalue weighted by Crippen LogP contribution is -2.35. The molecule has 10 heteroatoms. The fourth-order valence-corrected chi connectivity index (χ4v) is 5.30. The number of aromatic nitrogens is 2. The summed E-state index contributed by atoms with van der Waals surface area (Å²) in [6.07, 6.45) is 1.34. The summed E-state index contributed by atoms with van der Waals surface area (Å²) in [5.41, 5.74) is 6.89. The quantitative estimate of drug-likeness (QED) is 0.216. The van der Waals surface area contributed by atoms with Crippen molar-refractivity contribution < 1.29 is 27.5 Å². The van der Waals surface area contributed by atoms with Crippen LogP contribution in [0.5, 0.6) is 5.75 Å². The van der Waals surface area contributed by atoms with Gasteiger partial charge in [0.05, 0.1) is 19.3 Å². The van der Waals surface area contributed by atoms with Crippen molar-refractivity contribution in [3.05, 3.63) is 95.3 Å². The maximum atomic E-state index is 13.3. The van der Waals surface area contributed by atoms with Crippen molar-refractivity contribution in [1.82, 2.24) is 9.78 Å². The van der Waals surface area contributed by atoms with Crippen molar-refractivity contribution in [2.75, 3.05) is 23.4 Å². The molecule has 1 aliphatic rings. The molecule has 4 aromatic rings. The van der Waals surface area contributed by atoms with Crippen LogP contribution in [0, 0.1) is 13.8 Å². The summed E-state index contributed by atoms with van der Waals surface area (Å²) >= 11 is 0. The summed E-state index contributed by atoms with van der Waals surface area (Å²) in [6.45, 7) is 5.51. The molecule has 0 radical (unpaired) electrons. The zero-order valence-corrected chi connectivity index (χ0v) is 24.1. The Labute approximate surface area is 248 Å². The number of aryl methyl sites for hydroxylation is 1. The van der Waals surface area contributed by atoms with Crippen molar-refractivity contribution in [2.45, 2.75) is 52.3 Å². The van der Waals surface area contributed by atoms with Gasteiger partial charge in [-0.3, -0.25) is 14.3 Å². The molecule has 0 aliphatic carbocycles. The highest BCUT2D eigenvalue weighted by molar-refractivity contribution is 5.96. The Morgan fingerprint density at radius 1 is 1.05 bits per heavy atom. The van der Waals surface area contributed by atoms with Crippen LogP contribution in [-0.4, -0.2) is 40.9 Å². The van der Waals surface area contributed by atoms with E-state index < -0.39 is 12.1 Å². The number of hydrogen-bond acceptors (Lipinski definition) is 4. The molecule has 1 aromatic heterocycles. The number of alkyl halides is 3. The average molecular weight is 591 g/mol. The highest BCUT2D eigenvalue weighted by atomic mass is 19.4. The van der Waals surface area contributed by atoms with E-state index in [0.29, 0.717) is 38.1 Å². The zero-order chi connectivity index (χ0) is 30.6. The lowest BCUT2D eigenvalue weighted by Gasteiger charge is -2.31. The molecule has 1 N–H and O–H groups in total. The molecule has 2 heterocycles. The molecule has 0 bridgehead atoms. The molecule has 1 aliphatic heterocycles. The highest BCUT2D eigenvalue weighted by Crippen LogP contribution is 2.36. The number of rotatable bonds is 9. The van der Waals surface area contributed by atoms with Gasteiger partial charge in [-0.25, -0.2) is 0 Å². The third kappa shape index (κ3) is 7.07. The fraction of sp³-hybridized carbons (Fsp3) is 0.303. The Kier molecular flexibility index (Phi) is 8.84. The molecule has 7 nitrogen and oxygen atoms in total. The van der Waals surface area contributed by atoms with Crippen LogP contribution in [0.4, 0.5) is 24.5 Å². The number of hydrogen-bond donors (Lipinski definition) is 1. The first-order valence-corrected chi connectivity index (χ1v) is 14.2. The summed E-state index contributed by atoms with van der Waals surface area (Å²) in [4.78, 5) is 26.4. The Morgan fingerprint density at radius 2 is 1.84 bits per heavy atom. The molecule has 2 amide bonds. The molecule has 5 rings (SSSR count). The lowest BCUT2D eigenvalue weighted by atomic mass is 9.93. The number of fused-ring (bicyclic) bond motifs is 1. The van der Waals surface area contributed by atoms with E-state index in [1.165, 1.54) is 17.7 Å². The topological polar surface area (TPSA) is 76.5 Å². The molecular weight excluding hydrogens is 557 g/mol. The van der Waals surface area contributed by atoms with Crippen LogP contribution in [0.3, 0.4) is 0 Å². The van der Waals surface area contributed by atoms with E-state index in [-0.39, 0.29) is 11.6 Å². The minimum atomic E-state index is -4.96. The standard InChI is InChI=1S/C33H33F3N4O3/c1-22-8-3-14-30(23(22)2)43-17-7-15-31(41)40-16-6-12-28-27(11-5-13-29(28)40)25-19-37-39(21-25)20-24-9-4-10-26(18-24)38-32(42)33(34,35)36/h3-5,8-11,13-14,18-19,21H,6-7,12,15-17,20H2,1-2H3,(H,38,42). The van der Waals surface area contributed by atoms with Crippen LogP contribution in [0.15, 0.2) is 73.1 Å². The summed E-state index contributed by atoms with van der Waals surface area (Å²) in [5.74, 6) is -1.10. The minimum Gasteiger partial charge on any atom is -0.493 e. The van der Waals surface area contributed by atoms with Crippen LogP contribution in [0.25, 0.3) is 11.1 Å². The first-order valence-electron chi connectivity index (χ1n) is 14.2. The van der Waals surface area contributed by atoms with Crippen LogP contribution >= 0.6 is 0 Å². The van der Waals surface area contributed by atoms with Gasteiger partial charge in [-0.05, 0) is 85.2 Å². The number of halogens is 3. The number of ether oxygens (including phenoxy) is 1. The number of benzene rings is 3. The fourth-order valence-electron chi connectivity index (χ4n) is 5.30. The van der Waals surface area contributed by atoms with Crippen molar-refractivity contribution in [1.29, 1.82) is 0 Å². The number of nitrogens with zero attached hydrogens (tertiary/aromatic N) is 3. The zero-order valence-electron chi connectivity index (χ0n) is 24.1. The van der Waals surface area contributed by atoms with E-state index in [2.05, 4.69) is 5.10 Å². The second-order valence-corrected chi connectivity index (χ2v) is 10.7. The molecule has 0 fully saturated rings. The van der Waals surface area contributed by atoms with Crippen LogP contribution in [0.2, 0.25) is 0 Å². The molecule has 0 spiro atoms. The number of carbonyl (C=O) groups excluding carboxylic acids is 2. The van der Waals surface area contributed by atoms with Gasteiger partial charge >= 0.3 is 12.1 Å². The van der Waals surface area contributed by atoms with E-state index in [9.17, 15) is 22.8 Å². The monoisotopic (exact) mass is 590 g/mol. The van der Waals surface area contributed by atoms with E-state index in [1.54, 1.807) is 23.0 Å². The summed E-state index contributed by atoms with van der Waals surface area (Å²) < 4.78 is 45.5. The Bertz CT molecular complexity index is 1630. The summed E-state index contributed by atoms with van der Waals surface area (Å²) in [7, 11) is 0. The van der Waals surface area contributed by atoms with Crippen molar-refractivity contribution >= 4 is 23.2 Å². The molecule has 0 atom stereocenters. The third-order valence-corrected chi connectivity index (χ3v) is 7.63. The SMILES string of the molecule is Cc1cccc(OCCCC(=O)N2CCCc3c(-c4cnn(Cc5cccc(NC(=O)C(F)(F)F)c5)c4)cccc32)c1C. The second kappa shape index (κ2) is 12.7. The number of amides is 2. The Morgan fingerprint density at radius 3 is 2.65 bits per heavy atom. The van der Waals surface area contributed by atoms with Gasteiger partial charge < -0.3 is 15.0 Å². The Balaban J connectivity index is 1.24. The molecule has 0 saturated carbocycles. The van der Waals surface area contributed by atoms with Crippen LogP contribution in [-0.2, 0) is 22.6 Å². The Hall–Kier alpha value is -4.60. The summed E-state index contributed by atoms with van der Waals surface area (Å²) in [6, 6.07) is 18.1. The van der Waals surface area contributed by atoms with Gasteiger partial charge in [0.2, 0.25) is 5.91 Å². The van der Waals surface area contributed by atoms with E-state index in [1.807, 2.05) is 66.7 Å². The number of nitrogens with one attached hydrogen (secondary N) is 1. The van der Waals surface area contributed by atoms with E-state index in [4.69, 9.17) is 4.74 Å². The predicted octanol–water partition coefficient (Wildman–Crippen LogP) is 6.85. The average Bonchev–Trinajstić information content (AvgIpc) is 3.44. The van der Waals surface area contributed by atoms with Gasteiger partial charge in [-0.15, -0.1) is 0 Å². The smallest absolute Gasteiger partial charge is 0.471 e. The van der Waals surface area contributed by atoms with E-state index >= 15 is 0 Å². The van der Waals surface area contributed by atoms with Crippen molar-refractivity contribution in [3.8, 4) is 16.9 Å². The van der Waals surface area contributed by atoms with Gasteiger partial charge in [0.25, 0.3) is 0 Å². The molecular formula is C33H33F3N4O3. The molecule has 3 aromatic carbocycles. The molecule has 43 heavy (non-hydrogen) atoms. The predicted molar refractivity (Wildman–Crippen MR) is 159 cm³/mol. The third-order valence-electron chi connectivity index (χ3n) is 7.63. The van der Waals surface area contributed by atoms with Gasteiger partial charge in [-0.2, -0.15) is 18.3 Å². The second-order valence-electron chi connectivity index (χ2n) is 10.7. The van der Waals surface area contributed by atoms with Crippen molar-refractivity contribution in [3.63, 3.8) is 0 Å². The highest BCUT2D eigenvalue weighted by Gasteiger charge is 2.38. The first-order chi connectivity index (χ1) is 20.6. The molecule has 224 valence electrons. The largest absolute Gasteiger partial charge is 0.493 e. The van der Waals surface area contributed by atoms with Crippen LogP contribution < -0.4 is 15.0 Å². The molecule has 0 saturated heterocycles. The van der Waals surface area contributed by atoms with E-state index in [0.717, 1.165) is 46.5 Å². The molecule has 0 unspecified atom stereocenters. The van der Waals surface area contributed by atoms with Gasteiger partial charge in [0, 0.05) is 36.1 Å². The lowest BCUT2D eigenvalue weighted by molar-refractivity contribution is -0.167. The number of carbonyl (C=O) groups is 2. The normalized spacial score (nSPS) is 13.0. The maximum Gasteiger partial charge on any atom is 0.471 e. The number of anilines is 2. The van der Waals surface area contributed by atoms with Crippen LogP contribution in [0.1, 0.15) is 41.5 Å². The van der Waals surface area contributed by atoms with Gasteiger partial charge in [0.15, 0.2) is 0 Å². The minimum absolute atomic E-state index is 0.0610. The maximum absolute atomic E-state index is 13.3.